The molecule has 204 valence electrons. The van der Waals surface area contributed by atoms with Gasteiger partial charge in [-0.25, -0.2) is 9.78 Å². The van der Waals surface area contributed by atoms with Gasteiger partial charge in [-0.1, -0.05) is 58.9 Å². The molecule has 7 nitrogen and oxygen atoms in total. The van der Waals surface area contributed by atoms with E-state index in [9.17, 15) is 9.90 Å². The molecule has 2 aromatic carbocycles. The lowest BCUT2D eigenvalue weighted by Gasteiger charge is -2.24. The van der Waals surface area contributed by atoms with Crippen molar-refractivity contribution in [3.8, 4) is 17.1 Å². The Morgan fingerprint density at radius 2 is 1.84 bits per heavy atom. The molecule has 0 bridgehead atoms. The van der Waals surface area contributed by atoms with Crippen LogP contribution in [0.5, 0.6) is 5.88 Å². The largest absolute Gasteiger partial charge is 0.478 e. The molecule has 1 unspecified atom stereocenters. The summed E-state index contributed by atoms with van der Waals surface area (Å²) in [5, 5.41) is 9.33. The number of nitrogens with one attached hydrogen (secondary N) is 1. The van der Waals surface area contributed by atoms with Gasteiger partial charge in [-0.3, -0.25) is 4.72 Å². The van der Waals surface area contributed by atoms with Crippen LogP contribution < -0.4 is 15.2 Å². The smallest absolute Gasteiger partial charge is 0.335 e. The first-order valence-electron chi connectivity index (χ1n) is 13.0. The third kappa shape index (κ3) is 8.20. The van der Waals surface area contributed by atoms with Crippen molar-refractivity contribution in [2.75, 3.05) is 11.3 Å². The van der Waals surface area contributed by atoms with E-state index in [-0.39, 0.29) is 17.0 Å². The number of carbonyl (C=O) groups is 1. The monoisotopic (exact) mass is 536 g/mol. The lowest BCUT2D eigenvalue weighted by Crippen LogP contribution is -2.32. The zero-order valence-corrected chi connectivity index (χ0v) is 24.3. The van der Waals surface area contributed by atoms with Crippen LogP contribution in [0.4, 0.5) is 5.95 Å². The van der Waals surface area contributed by atoms with Gasteiger partial charge in [0.1, 0.15) is 6.61 Å². The molecule has 1 aromatic heterocycles. The molecular formula is C30H40N4O3S. The Kier molecular flexibility index (Phi) is 9.79. The van der Waals surface area contributed by atoms with E-state index in [1.807, 2.05) is 13.0 Å². The average molecular weight is 537 g/mol. The third-order valence-electron chi connectivity index (χ3n) is 5.98. The molecule has 38 heavy (non-hydrogen) atoms. The standard InChI is InChI=1S/C30H40N4O3S/c1-18(2)14-21-11-8-10-19(3)25(21)26-20(4)27(37-17-23(31)16-30(5,6)7)33-29(32-26)34-38-24-13-9-12-22(15-24)28(35)36/h8-13,15,18,23H,14,16-17,31H2,1-7H3,(H,35,36)(H,32,33,34). The number of carboxylic acid groups (broad SMARTS) is 1. The Morgan fingerprint density at radius 3 is 2.50 bits per heavy atom. The second-order valence-corrected chi connectivity index (χ2v) is 12.3. The Balaban J connectivity index is 2.01. The lowest BCUT2D eigenvalue weighted by atomic mass is 9.89. The molecule has 0 radical (unpaired) electrons. The molecular weight excluding hydrogens is 496 g/mol. The summed E-state index contributed by atoms with van der Waals surface area (Å²) in [6.45, 7) is 15.3. The van der Waals surface area contributed by atoms with Gasteiger partial charge in [0, 0.05) is 22.1 Å². The Hall–Kier alpha value is -3.10. The summed E-state index contributed by atoms with van der Waals surface area (Å²) in [5.41, 5.74) is 11.8. The van der Waals surface area contributed by atoms with Crippen molar-refractivity contribution in [2.45, 2.75) is 72.2 Å². The Labute approximate surface area is 230 Å². The van der Waals surface area contributed by atoms with Crippen molar-refractivity contribution >= 4 is 23.9 Å². The number of hydrogen-bond donors (Lipinski definition) is 3. The minimum absolute atomic E-state index is 0.0927. The number of ether oxygens (including phenoxy) is 1. The van der Waals surface area contributed by atoms with Crippen LogP contribution >= 0.6 is 11.9 Å². The first kappa shape index (κ1) is 29.5. The van der Waals surface area contributed by atoms with Crippen molar-refractivity contribution in [2.24, 2.45) is 17.1 Å². The van der Waals surface area contributed by atoms with Crippen LogP contribution in [-0.2, 0) is 6.42 Å². The van der Waals surface area contributed by atoms with E-state index in [1.54, 1.807) is 18.2 Å². The minimum atomic E-state index is -0.971. The first-order chi connectivity index (χ1) is 17.8. The summed E-state index contributed by atoms with van der Waals surface area (Å²) in [5.74, 6) is 0.384. The SMILES string of the molecule is Cc1cccc(CC(C)C)c1-c1nc(NSc2cccc(C(=O)O)c2)nc(OCC(N)CC(C)(C)C)c1C. The fourth-order valence-corrected chi connectivity index (χ4v) is 5.06. The molecule has 3 aromatic rings. The summed E-state index contributed by atoms with van der Waals surface area (Å²) < 4.78 is 9.41. The van der Waals surface area contributed by atoms with Crippen molar-refractivity contribution in [3.05, 3.63) is 64.7 Å². The van der Waals surface area contributed by atoms with Crippen molar-refractivity contribution < 1.29 is 14.6 Å². The van der Waals surface area contributed by atoms with E-state index in [4.69, 9.17) is 15.5 Å². The van der Waals surface area contributed by atoms with Crippen LogP contribution in [0.25, 0.3) is 11.3 Å². The fraction of sp³-hybridized carbons (Fsp3) is 0.433. The van der Waals surface area contributed by atoms with E-state index < -0.39 is 5.97 Å². The highest BCUT2D eigenvalue weighted by Gasteiger charge is 2.21. The van der Waals surface area contributed by atoms with Crippen LogP contribution in [0, 0.1) is 25.2 Å². The lowest BCUT2D eigenvalue weighted by molar-refractivity contribution is 0.0696. The van der Waals surface area contributed by atoms with Gasteiger partial charge in [0.2, 0.25) is 11.8 Å². The van der Waals surface area contributed by atoms with Crippen molar-refractivity contribution in [1.29, 1.82) is 0 Å². The van der Waals surface area contributed by atoms with Gasteiger partial charge < -0.3 is 15.6 Å². The maximum Gasteiger partial charge on any atom is 0.335 e. The van der Waals surface area contributed by atoms with E-state index in [2.05, 4.69) is 69.4 Å². The average Bonchev–Trinajstić information content (AvgIpc) is 2.82. The van der Waals surface area contributed by atoms with Crippen molar-refractivity contribution in [1.82, 2.24) is 9.97 Å². The summed E-state index contributed by atoms with van der Waals surface area (Å²) in [6.07, 6.45) is 1.74. The third-order valence-corrected chi connectivity index (χ3v) is 6.75. The van der Waals surface area contributed by atoms with E-state index in [1.165, 1.54) is 17.5 Å². The molecule has 0 fully saturated rings. The predicted molar refractivity (Wildman–Crippen MR) is 156 cm³/mol. The van der Waals surface area contributed by atoms with E-state index in [0.717, 1.165) is 40.1 Å². The number of nitrogens with two attached hydrogens (primary N) is 1. The number of rotatable bonds is 11. The van der Waals surface area contributed by atoms with E-state index >= 15 is 0 Å². The van der Waals surface area contributed by atoms with Gasteiger partial charge in [0.15, 0.2) is 0 Å². The maximum absolute atomic E-state index is 11.4. The first-order valence-corrected chi connectivity index (χ1v) is 13.8. The molecule has 4 N–H and O–H groups in total. The highest BCUT2D eigenvalue weighted by Crippen LogP contribution is 2.35. The topological polar surface area (TPSA) is 110 Å². The highest BCUT2D eigenvalue weighted by molar-refractivity contribution is 8.00. The van der Waals surface area contributed by atoms with Gasteiger partial charge in [-0.15, -0.1) is 0 Å². The van der Waals surface area contributed by atoms with Crippen LogP contribution in [0.1, 0.15) is 68.1 Å². The second-order valence-electron chi connectivity index (χ2n) is 11.4. The Bertz CT molecular complexity index is 1270. The number of hydrogen-bond acceptors (Lipinski definition) is 7. The number of aryl methyl sites for hydroxylation is 1. The van der Waals surface area contributed by atoms with E-state index in [0.29, 0.717) is 24.4 Å². The molecule has 0 saturated carbocycles. The molecule has 8 heteroatoms. The predicted octanol–water partition coefficient (Wildman–Crippen LogP) is 6.92. The van der Waals surface area contributed by atoms with Crippen LogP contribution in [-0.4, -0.2) is 33.7 Å². The quantitative estimate of drug-likeness (QED) is 0.227. The summed E-state index contributed by atoms with van der Waals surface area (Å²) >= 11 is 1.26. The number of aromatic nitrogens is 2. The number of carboxylic acids is 1. The normalized spacial score (nSPS) is 12.4. The molecule has 0 amide bonds. The summed E-state index contributed by atoms with van der Waals surface area (Å²) in [4.78, 5) is 21.7. The zero-order valence-electron chi connectivity index (χ0n) is 23.5. The number of aromatic carboxylic acids is 1. The van der Waals surface area contributed by atoms with Crippen LogP contribution in [0.2, 0.25) is 0 Å². The number of benzene rings is 2. The molecule has 0 saturated heterocycles. The minimum Gasteiger partial charge on any atom is -0.478 e. The second kappa shape index (κ2) is 12.6. The highest BCUT2D eigenvalue weighted by atomic mass is 32.2. The molecule has 0 spiro atoms. The number of nitrogens with zero attached hydrogens (tertiary/aromatic N) is 2. The van der Waals surface area contributed by atoms with Gasteiger partial charge in [0.05, 0.1) is 11.3 Å². The van der Waals surface area contributed by atoms with Gasteiger partial charge >= 0.3 is 5.97 Å². The van der Waals surface area contributed by atoms with Crippen molar-refractivity contribution in [3.63, 3.8) is 0 Å². The molecule has 0 aliphatic heterocycles. The molecule has 1 heterocycles. The van der Waals surface area contributed by atoms with Gasteiger partial charge in [0.25, 0.3) is 0 Å². The van der Waals surface area contributed by atoms with Gasteiger partial charge in [-0.2, -0.15) is 4.98 Å². The Morgan fingerprint density at radius 1 is 1.13 bits per heavy atom. The molecule has 1 atom stereocenters. The zero-order chi connectivity index (χ0) is 28.0. The van der Waals surface area contributed by atoms with Crippen LogP contribution in [0.15, 0.2) is 47.4 Å². The van der Waals surface area contributed by atoms with Gasteiger partial charge in [-0.05, 0) is 79.3 Å². The summed E-state index contributed by atoms with van der Waals surface area (Å²) in [6, 6.07) is 12.9. The summed E-state index contributed by atoms with van der Waals surface area (Å²) in [7, 11) is 0. The van der Waals surface area contributed by atoms with Crippen LogP contribution in [0.3, 0.4) is 0 Å². The maximum atomic E-state index is 11.4. The number of anilines is 1. The fourth-order valence-electron chi connectivity index (χ4n) is 4.43. The molecule has 0 aliphatic rings. The molecule has 0 aliphatic carbocycles. The molecule has 3 rings (SSSR count).